The average Bonchev–Trinajstić information content (AvgIpc) is 3.16. The highest BCUT2D eigenvalue weighted by Crippen LogP contribution is 2.38. The molecule has 1 heterocycles. The summed E-state index contributed by atoms with van der Waals surface area (Å²) in [5.41, 5.74) is 0.284. The summed E-state index contributed by atoms with van der Waals surface area (Å²) >= 11 is 5.95. The van der Waals surface area contributed by atoms with Gasteiger partial charge in [0.1, 0.15) is 0 Å². The highest BCUT2D eigenvalue weighted by Gasteiger charge is 2.46. The van der Waals surface area contributed by atoms with Gasteiger partial charge in [-0.05, 0) is 37.1 Å². The van der Waals surface area contributed by atoms with Crippen LogP contribution in [0.1, 0.15) is 35.7 Å². The largest absolute Gasteiger partial charge is 0.465 e. The van der Waals surface area contributed by atoms with E-state index in [9.17, 15) is 18.0 Å². The molecule has 2 aliphatic rings. The Balaban J connectivity index is 1.97. The lowest BCUT2D eigenvalue weighted by atomic mass is 9.94. The summed E-state index contributed by atoms with van der Waals surface area (Å²) in [5.74, 6) is -3.00. The molecule has 30 heavy (non-hydrogen) atoms. The van der Waals surface area contributed by atoms with E-state index < -0.39 is 38.6 Å². The minimum Gasteiger partial charge on any atom is -0.465 e. The second-order valence-corrected chi connectivity index (χ2v) is 9.58. The van der Waals surface area contributed by atoms with Gasteiger partial charge in [0.2, 0.25) is 0 Å². The Bertz CT molecular complexity index is 963. The Labute approximate surface area is 180 Å². The summed E-state index contributed by atoms with van der Waals surface area (Å²) in [7, 11) is -2.70. The molecule has 1 unspecified atom stereocenters. The SMILES string of the molecule is CCOC(=O)C1=CC2(CCC1S(=O)(=O)Cc1ccc(Cl)cc1C(=O)OC)OCCO2. The minimum atomic E-state index is -3.90. The van der Waals surface area contributed by atoms with Crippen molar-refractivity contribution in [2.75, 3.05) is 26.9 Å². The van der Waals surface area contributed by atoms with E-state index in [1.165, 1.54) is 31.4 Å². The van der Waals surface area contributed by atoms with Crippen LogP contribution in [0.5, 0.6) is 0 Å². The molecule has 0 saturated carbocycles. The molecular formula is C20H23ClO8S. The first-order chi connectivity index (χ1) is 14.2. The lowest BCUT2D eigenvalue weighted by Gasteiger charge is -2.33. The number of hydrogen-bond donors (Lipinski definition) is 0. The van der Waals surface area contributed by atoms with Crippen molar-refractivity contribution in [1.29, 1.82) is 0 Å². The van der Waals surface area contributed by atoms with Crippen LogP contribution in [0.25, 0.3) is 0 Å². The van der Waals surface area contributed by atoms with Crippen LogP contribution in [0, 0.1) is 0 Å². The number of sulfone groups is 1. The van der Waals surface area contributed by atoms with Crippen LogP contribution in [0.4, 0.5) is 0 Å². The topological polar surface area (TPSA) is 105 Å². The van der Waals surface area contributed by atoms with Crippen molar-refractivity contribution in [1.82, 2.24) is 0 Å². The highest BCUT2D eigenvalue weighted by atomic mass is 35.5. The molecule has 1 saturated heterocycles. The first-order valence-electron chi connectivity index (χ1n) is 9.47. The number of rotatable bonds is 6. The second kappa shape index (κ2) is 9.05. The Morgan fingerprint density at radius 2 is 1.93 bits per heavy atom. The molecule has 1 aliphatic carbocycles. The third-order valence-corrected chi connectivity index (χ3v) is 7.34. The first-order valence-corrected chi connectivity index (χ1v) is 11.6. The van der Waals surface area contributed by atoms with Crippen molar-refractivity contribution in [3.8, 4) is 0 Å². The molecule has 1 atom stereocenters. The summed E-state index contributed by atoms with van der Waals surface area (Å²) in [6, 6.07) is 4.32. The molecule has 0 amide bonds. The molecule has 1 aliphatic heterocycles. The average molecular weight is 459 g/mol. The van der Waals surface area contributed by atoms with Gasteiger partial charge in [-0.3, -0.25) is 0 Å². The van der Waals surface area contributed by atoms with Gasteiger partial charge >= 0.3 is 11.9 Å². The summed E-state index contributed by atoms with van der Waals surface area (Å²) in [6.07, 6.45) is 1.82. The van der Waals surface area contributed by atoms with Crippen LogP contribution >= 0.6 is 11.6 Å². The monoisotopic (exact) mass is 458 g/mol. The van der Waals surface area contributed by atoms with Crippen LogP contribution in [0.3, 0.4) is 0 Å². The Kier molecular flexibility index (Phi) is 6.86. The van der Waals surface area contributed by atoms with Crippen molar-refractivity contribution in [3.05, 3.63) is 46.0 Å². The van der Waals surface area contributed by atoms with Gasteiger partial charge in [0.15, 0.2) is 15.6 Å². The van der Waals surface area contributed by atoms with E-state index in [1.807, 2.05) is 0 Å². The number of halogens is 1. The number of benzene rings is 1. The first kappa shape index (κ1) is 22.7. The van der Waals surface area contributed by atoms with Crippen LogP contribution < -0.4 is 0 Å². The Hall–Kier alpha value is -1.94. The van der Waals surface area contributed by atoms with Gasteiger partial charge in [0.05, 0.1) is 49.1 Å². The van der Waals surface area contributed by atoms with E-state index in [4.69, 9.17) is 30.5 Å². The molecular weight excluding hydrogens is 436 g/mol. The van der Waals surface area contributed by atoms with Gasteiger partial charge in [0.25, 0.3) is 0 Å². The van der Waals surface area contributed by atoms with Gasteiger partial charge in [0, 0.05) is 11.4 Å². The van der Waals surface area contributed by atoms with E-state index in [1.54, 1.807) is 6.92 Å². The lowest BCUT2D eigenvalue weighted by molar-refractivity contribution is -0.143. The number of hydrogen-bond acceptors (Lipinski definition) is 8. The number of carbonyl (C=O) groups is 2. The number of esters is 2. The third kappa shape index (κ3) is 4.69. The lowest BCUT2D eigenvalue weighted by Crippen LogP contribution is -2.41. The summed E-state index contributed by atoms with van der Waals surface area (Å²) in [5, 5.41) is -0.838. The van der Waals surface area contributed by atoms with Crippen LogP contribution in [-0.4, -0.2) is 58.3 Å². The molecule has 0 radical (unpaired) electrons. The van der Waals surface area contributed by atoms with Gasteiger partial charge in [-0.1, -0.05) is 17.7 Å². The van der Waals surface area contributed by atoms with Crippen molar-refractivity contribution >= 4 is 33.4 Å². The standard InChI is InChI=1S/C20H23ClO8S/c1-3-27-19(23)16-11-20(28-8-9-29-20)7-6-17(16)30(24,25)12-13-4-5-14(21)10-15(13)18(22)26-2/h4-5,10-11,17H,3,6-9,12H2,1-2H3. The number of carbonyl (C=O) groups excluding carboxylic acids is 2. The molecule has 3 rings (SSSR count). The molecule has 0 bridgehead atoms. The van der Waals surface area contributed by atoms with Crippen molar-refractivity contribution in [2.45, 2.75) is 36.6 Å². The molecule has 0 N–H and O–H groups in total. The van der Waals surface area contributed by atoms with Gasteiger partial charge in [-0.15, -0.1) is 0 Å². The second-order valence-electron chi connectivity index (χ2n) is 6.96. The fraction of sp³-hybridized carbons (Fsp3) is 0.500. The van der Waals surface area contributed by atoms with Gasteiger partial charge < -0.3 is 18.9 Å². The van der Waals surface area contributed by atoms with Crippen LogP contribution in [0.2, 0.25) is 5.02 Å². The number of ether oxygens (including phenoxy) is 4. The van der Waals surface area contributed by atoms with E-state index >= 15 is 0 Å². The fourth-order valence-electron chi connectivity index (χ4n) is 3.66. The predicted octanol–water partition coefficient (Wildman–Crippen LogP) is 2.44. The van der Waals surface area contributed by atoms with Crippen molar-refractivity contribution in [2.24, 2.45) is 0 Å². The molecule has 8 nitrogen and oxygen atoms in total. The van der Waals surface area contributed by atoms with E-state index in [0.29, 0.717) is 13.2 Å². The zero-order chi connectivity index (χ0) is 21.9. The highest BCUT2D eigenvalue weighted by molar-refractivity contribution is 7.91. The van der Waals surface area contributed by atoms with Crippen LogP contribution in [-0.2, 0) is 39.3 Å². The van der Waals surface area contributed by atoms with Crippen LogP contribution in [0.15, 0.2) is 29.8 Å². The van der Waals surface area contributed by atoms with Gasteiger partial charge in [-0.25, -0.2) is 18.0 Å². The Morgan fingerprint density at radius 1 is 1.23 bits per heavy atom. The molecule has 10 heteroatoms. The maximum atomic E-state index is 13.3. The van der Waals surface area contributed by atoms with Crippen molar-refractivity contribution < 1.29 is 37.0 Å². The summed E-state index contributed by atoms with van der Waals surface area (Å²) in [6.45, 7) is 2.45. The molecule has 1 aromatic rings. The molecule has 0 aromatic heterocycles. The predicted molar refractivity (Wildman–Crippen MR) is 108 cm³/mol. The zero-order valence-corrected chi connectivity index (χ0v) is 18.3. The fourth-order valence-corrected chi connectivity index (χ4v) is 5.74. The molecule has 1 fully saturated rings. The van der Waals surface area contributed by atoms with E-state index in [0.717, 1.165) is 0 Å². The molecule has 164 valence electrons. The zero-order valence-electron chi connectivity index (χ0n) is 16.7. The smallest absolute Gasteiger partial charge is 0.338 e. The van der Waals surface area contributed by atoms with E-state index in [2.05, 4.69) is 0 Å². The normalized spacial score (nSPS) is 20.6. The maximum absolute atomic E-state index is 13.3. The summed E-state index contributed by atoms with van der Waals surface area (Å²) < 4.78 is 47.7. The molecule has 1 spiro atoms. The third-order valence-electron chi connectivity index (χ3n) is 5.03. The number of methoxy groups -OCH3 is 1. The maximum Gasteiger partial charge on any atom is 0.338 e. The quantitative estimate of drug-likeness (QED) is 0.598. The summed E-state index contributed by atoms with van der Waals surface area (Å²) in [4.78, 5) is 24.6. The van der Waals surface area contributed by atoms with Crippen molar-refractivity contribution in [3.63, 3.8) is 0 Å². The van der Waals surface area contributed by atoms with Gasteiger partial charge in [-0.2, -0.15) is 0 Å². The Morgan fingerprint density at radius 3 is 2.57 bits per heavy atom. The van der Waals surface area contributed by atoms with E-state index in [-0.39, 0.29) is 41.2 Å². The minimum absolute atomic E-state index is 0.0152. The molecule has 1 aromatic carbocycles.